The van der Waals surface area contributed by atoms with E-state index < -0.39 is 0 Å². The highest BCUT2D eigenvalue weighted by atomic mass is 16.5. The van der Waals surface area contributed by atoms with Gasteiger partial charge in [-0.15, -0.1) is 0 Å². The van der Waals surface area contributed by atoms with Crippen LogP contribution in [0.3, 0.4) is 0 Å². The fraction of sp³-hybridized carbons (Fsp3) is 0.500. The van der Waals surface area contributed by atoms with Crippen LogP contribution in [0.25, 0.3) is 0 Å². The molecule has 0 aliphatic rings. The van der Waals surface area contributed by atoms with E-state index in [1.807, 2.05) is 30.8 Å². The molecule has 2 aromatic rings. The average molecular weight is 288 g/mol. The smallest absolute Gasteiger partial charge is 0.164 e. The van der Waals surface area contributed by atoms with E-state index in [4.69, 9.17) is 4.74 Å². The van der Waals surface area contributed by atoms with Crippen molar-refractivity contribution in [1.82, 2.24) is 20.1 Å². The molecule has 0 saturated carbocycles. The largest absolute Gasteiger partial charge is 0.486 e. The van der Waals surface area contributed by atoms with E-state index in [1.165, 1.54) is 5.56 Å². The molecule has 114 valence electrons. The van der Waals surface area contributed by atoms with Crippen molar-refractivity contribution in [2.75, 3.05) is 7.05 Å². The van der Waals surface area contributed by atoms with E-state index >= 15 is 0 Å². The number of aromatic nitrogens is 3. The third-order valence-corrected chi connectivity index (χ3v) is 3.65. The van der Waals surface area contributed by atoms with Gasteiger partial charge in [0, 0.05) is 12.6 Å². The molecule has 0 fully saturated rings. The van der Waals surface area contributed by atoms with Gasteiger partial charge >= 0.3 is 0 Å². The van der Waals surface area contributed by atoms with E-state index in [-0.39, 0.29) is 0 Å². The summed E-state index contributed by atoms with van der Waals surface area (Å²) in [5.41, 5.74) is 1.33. The number of nitrogens with zero attached hydrogens (tertiary/aromatic N) is 3. The second-order valence-corrected chi connectivity index (χ2v) is 5.15. The van der Waals surface area contributed by atoms with Crippen LogP contribution in [0.15, 0.2) is 30.6 Å². The Morgan fingerprint density at radius 1 is 1.29 bits per heavy atom. The molecule has 0 aliphatic carbocycles. The quantitative estimate of drug-likeness (QED) is 0.810. The SMILES string of the molecule is CCn1ncnc1COc1ccc(CCC(C)NC)cc1. The monoisotopic (exact) mass is 288 g/mol. The van der Waals surface area contributed by atoms with Crippen molar-refractivity contribution in [3.05, 3.63) is 42.0 Å². The summed E-state index contributed by atoms with van der Waals surface area (Å²) in [4.78, 5) is 4.20. The van der Waals surface area contributed by atoms with Gasteiger partial charge < -0.3 is 10.1 Å². The Hall–Kier alpha value is -1.88. The van der Waals surface area contributed by atoms with Crippen molar-refractivity contribution in [3.8, 4) is 5.75 Å². The predicted molar refractivity (Wildman–Crippen MR) is 83.3 cm³/mol. The topological polar surface area (TPSA) is 52.0 Å². The average Bonchev–Trinajstić information content (AvgIpc) is 2.99. The molecule has 5 nitrogen and oxygen atoms in total. The molecule has 2 rings (SSSR count). The van der Waals surface area contributed by atoms with Crippen LogP contribution in [0, 0.1) is 0 Å². The van der Waals surface area contributed by atoms with Gasteiger partial charge in [-0.1, -0.05) is 12.1 Å². The van der Waals surface area contributed by atoms with Crippen LogP contribution in [0.5, 0.6) is 5.75 Å². The van der Waals surface area contributed by atoms with Crippen molar-refractivity contribution in [1.29, 1.82) is 0 Å². The molecule has 0 aliphatic heterocycles. The molecule has 0 radical (unpaired) electrons. The number of benzene rings is 1. The first-order chi connectivity index (χ1) is 10.2. The number of aryl methyl sites for hydroxylation is 2. The normalized spacial score (nSPS) is 12.3. The molecule has 1 atom stereocenters. The third kappa shape index (κ3) is 4.56. The highest BCUT2D eigenvalue weighted by molar-refractivity contribution is 5.27. The van der Waals surface area contributed by atoms with Crippen LogP contribution in [0.1, 0.15) is 31.7 Å². The molecular weight excluding hydrogens is 264 g/mol. The summed E-state index contributed by atoms with van der Waals surface area (Å²) in [5, 5.41) is 7.38. The Kier molecular flexibility index (Phi) is 5.75. The van der Waals surface area contributed by atoms with Gasteiger partial charge in [-0.2, -0.15) is 5.10 Å². The molecule has 1 aromatic heterocycles. The van der Waals surface area contributed by atoms with Crippen LogP contribution in [0.2, 0.25) is 0 Å². The standard InChI is InChI=1S/C16H24N4O/c1-4-20-16(18-12-19-20)11-21-15-9-7-14(8-10-15)6-5-13(2)17-3/h7-10,12-13,17H,4-6,11H2,1-3H3. The van der Waals surface area contributed by atoms with Crippen molar-refractivity contribution in [2.24, 2.45) is 0 Å². The number of nitrogens with one attached hydrogen (secondary N) is 1. The van der Waals surface area contributed by atoms with Crippen LogP contribution < -0.4 is 10.1 Å². The van der Waals surface area contributed by atoms with Crippen molar-refractivity contribution in [2.45, 2.75) is 45.9 Å². The molecule has 1 aromatic carbocycles. The van der Waals surface area contributed by atoms with E-state index in [0.29, 0.717) is 12.6 Å². The minimum atomic E-state index is 0.448. The van der Waals surface area contributed by atoms with Crippen LogP contribution in [-0.2, 0) is 19.6 Å². The summed E-state index contributed by atoms with van der Waals surface area (Å²) in [7, 11) is 2.00. The van der Waals surface area contributed by atoms with Gasteiger partial charge in [0.25, 0.3) is 0 Å². The summed E-state index contributed by atoms with van der Waals surface area (Å²) >= 11 is 0. The van der Waals surface area contributed by atoms with Crippen LogP contribution >= 0.6 is 0 Å². The summed E-state index contributed by atoms with van der Waals surface area (Å²) in [6, 6.07) is 8.84. The zero-order valence-electron chi connectivity index (χ0n) is 13.0. The van der Waals surface area contributed by atoms with Gasteiger partial charge in [0.05, 0.1) is 0 Å². The molecule has 0 saturated heterocycles. The lowest BCUT2D eigenvalue weighted by molar-refractivity contribution is 0.287. The van der Waals surface area contributed by atoms with E-state index in [0.717, 1.165) is 31.0 Å². The maximum absolute atomic E-state index is 5.76. The first kappa shape index (κ1) is 15.5. The molecule has 0 bridgehead atoms. The maximum atomic E-state index is 5.76. The number of hydrogen-bond acceptors (Lipinski definition) is 4. The first-order valence-electron chi connectivity index (χ1n) is 7.48. The molecule has 1 unspecified atom stereocenters. The predicted octanol–water partition coefficient (Wildman–Crippen LogP) is 2.42. The van der Waals surface area contributed by atoms with Gasteiger partial charge in [0.1, 0.15) is 18.7 Å². The number of rotatable bonds is 8. The minimum Gasteiger partial charge on any atom is -0.486 e. The van der Waals surface area contributed by atoms with Crippen LogP contribution in [0.4, 0.5) is 0 Å². The zero-order valence-corrected chi connectivity index (χ0v) is 13.0. The van der Waals surface area contributed by atoms with Crippen molar-refractivity contribution in [3.63, 3.8) is 0 Å². The van der Waals surface area contributed by atoms with Crippen LogP contribution in [-0.4, -0.2) is 27.9 Å². The lowest BCUT2D eigenvalue weighted by Crippen LogP contribution is -2.21. The Labute approximate surface area is 126 Å². The number of ether oxygens (including phenoxy) is 1. The summed E-state index contributed by atoms with van der Waals surface area (Å²) in [6.07, 6.45) is 3.77. The van der Waals surface area contributed by atoms with Gasteiger partial charge in [0.2, 0.25) is 0 Å². The maximum Gasteiger partial charge on any atom is 0.164 e. The Morgan fingerprint density at radius 3 is 2.71 bits per heavy atom. The highest BCUT2D eigenvalue weighted by Gasteiger charge is 2.04. The molecule has 0 spiro atoms. The highest BCUT2D eigenvalue weighted by Crippen LogP contribution is 2.15. The molecule has 1 N–H and O–H groups in total. The summed E-state index contributed by atoms with van der Waals surface area (Å²) in [5.74, 6) is 1.72. The lowest BCUT2D eigenvalue weighted by Gasteiger charge is -2.10. The second-order valence-electron chi connectivity index (χ2n) is 5.15. The minimum absolute atomic E-state index is 0.448. The fourth-order valence-electron chi connectivity index (χ4n) is 2.09. The molecule has 0 amide bonds. The van der Waals surface area contributed by atoms with E-state index in [2.05, 4.69) is 34.5 Å². The number of hydrogen-bond donors (Lipinski definition) is 1. The Morgan fingerprint density at radius 2 is 2.05 bits per heavy atom. The second kappa shape index (κ2) is 7.78. The van der Waals surface area contributed by atoms with E-state index in [9.17, 15) is 0 Å². The Balaban J connectivity index is 1.85. The van der Waals surface area contributed by atoms with E-state index in [1.54, 1.807) is 6.33 Å². The molecular formula is C16H24N4O. The lowest BCUT2D eigenvalue weighted by atomic mass is 10.1. The molecule has 1 heterocycles. The van der Waals surface area contributed by atoms with Gasteiger partial charge in [-0.25, -0.2) is 9.67 Å². The van der Waals surface area contributed by atoms with Gasteiger partial charge in [-0.05, 0) is 51.4 Å². The van der Waals surface area contributed by atoms with Gasteiger partial charge in [0.15, 0.2) is 5.82 Å². The third-order valence-electron chi connectivity index (χ3n) is 3.65. The Bertz CT molecular complexity index is 535. The van der Waals surface area contributed by atoms with Crippen molar-refractivity contribution >= 4 is 0 Å². The van der Waals surface area contributed by atoms with Crippen molar-refractivity contribution < 1.29 is 4.74 Å². The molecule has 5 heteroatoms. The summed E-state index contributed by atoms with van der Waals surface area (Å²) < 4.78 is 7.60. The summed E-state index contributed by atoms with van der Waals surface area (Å²) in [6.45, 7) is 5.49. The fourth-order valence-corrected chi connectivity index (χ4v) is 2.09. The van der Waals surface area contributed by atoms with Gasteiger partial charge in [-0.3, -0.25) is 0 Å². The molecule has 21 heavy (non-hydrogen) atoms. The zero-order chi connectivity index (χ0) is 15.1. The first-order valence-corrected chi connectivity index (χ1v) is 7.48.